The fraction of sp³-hybridized carbons (Fsp3) is 0.550. The monoisotopic (exact) mass is 371 g/mol. The largest absolute Gasteiger partial charge is 0.491 e. The Morgan fingerprint density at radius 2 is 2.11 bits per heavy atom. The maximum atomic E-state index is 12.8. The summed E-state index contributed by atoms with van der Waals surface area (Å²) in [5, 5.41) is 14.9. The molecular formula is C20H29N5O2. The zero-order chi connectivity index (χ0) is 19.4. The Hall–Kier alpha value is -2.41. The van der Waals surface area contributed by atoms with Crippen molar-refractivity contribution >= 4 is 5.91 Å². The van der Waals surface area contributed by atoms with Crippen LogP contribution in [0, 0.1) is 5.92 Å². The molecule has 0 spiro atoms. The number of nitrogens with one attached hydrogen (secondary N) is 2. The van der Waals surface area contributed by atoms with Crippen molar-refractivity contribution in [2.24, 2.45) is 5.92 Å². The maximum absolute atomic E-state index is 12.8. The number of rotatable bonds is 6. The van der Waals surface area contributed by atoms with Gasteiger partial charge in [-0.15, -0.1) is 5.10 Å². The summed E-state index contributed by atoms with van der Waals surface area (Å²) in [6.45, 7) is 9.96. The van der Waals surface area contributed by atoms with E-state index in [9.17, 15) is 4.79 Å². The number of carbonyl (C=O) groups is 1. The minimum absolute atomic E-state index is 0.119. The van der Waals surface area contributed by atoms with Crippen LogP contribution in [0.15, 0.2) is 24.3 Å². The summed E-state index contributed by atoms with van der Waals surface area (Å²) in [7, 11) is 0. The SMILES string of the molecule is CCc1c(C(=O)NC2CNCCC2C)nnn1-c1ccc(OC(C)C)cc1. The third-order valence-corrected chi connectivity index (χ3v) is 4.91. The Kier molecular flexibility index (Phi) is 6.11. The Bertz CT molecular complexity index is 769. The highest BCUT2D eigenvalue weighted by molar-refractivity contribution is 5.93. The Balaban J connectivity index is 1.79. The number of hydrogen-bond acceptors (Lipinski definition) is 5. The average Bonchev–Trinajstić information content (AvgIpc) is 3.08. The summed E-state index contributed by atoms with van der Waals surface area (Å²) in [4.78, 5) is 12.8. The lowest BCUT2D eigenvalue weighted by Crippen LogP contribution is -2.50. The summed E-state index contributed by atoms with van der Waals surface area (Å²) >= 11 is 0. The lowest BCUT2D eigenvalue weighted by molar-refractivity contribution is 0.0909. The third-order valence-electron chi connectivity index (χ3n) is 4.91. The first-order chi connectivity index (χ1) is 13.0. The number of benzene rings is 1. The topological polar surface area (TPSA) is 81.1 Å². The van der Waals surface area contributed by atoms with E-state index in [1.807, 2.05) is 45.0 Å². The van der Waals surface area contributed by atoms with Crippen LogP contribution in [0.4, 0.5) is 0 Å². The molecule has 146 valence electrons. The molecule has 2 heterocycles. The van der Waals surface area contributed by atoms with Gasteiger partial charge in [0.05, 0.1) is 17.5 Å². The van der Waals surface area contributed by atoms with Gasteiger partial charge in [-0.3, -0.25) is 4.79 Å². The van der Waals surface area contributed by atoms with Crippen molar-refractivity contribution in [1.29, 1.82) is 0 Å². The maximum Gasteiger partial charge on any atom is 0.274 e. The molecule has 0 bridgehead atoms. The molecule has 3 rings (SSSR count). The number of piperidine rings is 1. The van der Waals surface area contributed by atoms with E-state index in [0.717, 1.165) is 36.6 Å². The second-order valence-electron chi connectivity index (χ2n) is 7.36. The lowest BCUT2D eigenvalue weighted by Gasteiger charge is -2.30. The fourth-order valence-electron chi connectivity index (χ4n) is 3.36. The quantitative estimate of drug-likeness (QED) is 0.815. The molecule has 1 aromatic carbocycles. The Morgan fingerprint density at radius 3 is 2.74 bits per heavy atom. The summed E-state index contributed by atoms with van der Waals surface area (Å²) in [6.07, 6.45) is 1.85. The van der Waals surface area contributed by atoms with E-state index in [4.69, 9.17) is 4.74 Å². The van der Waals surface area contributed by atoms with Crippen LogP contribution < -0.4 is 15.4 Å². The molecule has 27 heavy (non-hydrogen) atoms. The molecule has 2 unspecified atom stereocenters. The molecule has 2 N–H and O–H groups in total. The van der Waals surface area contributed by atoms with Gasteiger partial charge in [0.15, 0.2) is 5.69 Å². The minimum atomic E-state index is -0.154. The molecule has 2 aromatic rings. The van der Waals surface area contributed by atoms with Crippen molar-refractivity contribution in [3.63, 3.8) is 0 Å². The van der Waals surface area contributed by atoms with E-state index in [-0.39, 0.29) is 18.1 Å². The van der Waals surface area contributed by atoms with Gasteiger partial charge in [-0.05, 0) is 63.4 Å². The van der Waals surface area contributed by atoms with Crippen LogP contribution in [0.3, 0.4) is 0 Å². The van der Waals surface area contributed by atoms with Crippen LogP contribution in [-0.4, -0.2) is 46.1 Å². The van der Waals surface area contributed by atoms with Crippen LogP contribution in [0.5, 0.6) is 5.75 Å². The lowest BCUT2D eigenvalue weighted by atomic mass is 9.94. The van der Waals surface area contributed by atoms with Gasteiger partial charge in [-0.1, -0.05) is 19.1 Å². The molecule has 0 aliphatic carbocycles. The second-order valence-corrected chi connectivity index (χ2v) is 7.36. The van der Waals surface area contributed by atoms with E-state index >= 15 is 0 Å². The number of hydrogen-bond donors (Lipinski definition) is 2. The van der Waals surface area contributed by atoms with Gasteiger partial charge in [0.25, 0.3) is 5.91 Å². The zero-order valence-corrected chi connectivity index (χ0v) is 16.5. The highest BCUT2D eigenvalue weighted by Gasteiger charge is 2.26. The first-order valence-corrected chi connectivity index (χ1v) is 9.72. The molecule has 1 aliphatic rings. The molecular weight excluding hydrogens is 342 g/mol. The average molecular weight is 371 g/mol. The van der Waals surface area contributed by atoms with Crippen LogP contribution in [-0.2, 0) is 6.42 Å². The molecule has 1 amide bonds. The standard InChI is InChI=1S/C20H29N5O2/c1-5-18-19(20(26)22-17-12-21-11-10-14(17)4)23-24-25(18)15-6-8-16(9-7-15)27-13(2)3/h6-9,13-14,17,21H,5,10-12H2,1-4H3,(H,22,26). The summed E-state index contributed by atoms with van der Waals surface area (Å²) < 4.78 is 7.42. The Morgan fingerprint density at radius 1 is 1.37 bits per heavy atom. The third kappa shape index (κ3) is 4.47. The van der Waals surface area contributed by atoms with Gasteiger partial charge in [0.2, 0.25) is 0 Å². The number of nitrogens with zero attached hydrogens (tertiary/aromatic N) is 3. The first-order valence-electron chi connectivity index (χ1n) is 9.72. The van der Waals surface area contributed by atoms with Gasteiger partial charge < -0.3 is 15.4 Å². The summed E-state index contributed by atoms with van der Waals surface area (Å²) in [5.41, 5.74) is 2.07. The van der Waals surface area contributed by atoms with Crippen molar-refractivity contribution in [2.45, 2.75) is 52.7 Å². The molecule has 0 saturated carbocycles. The number of amides is 1. The van der Waals surface area contributed by atoms with Gasteiger partial charge >= 0.3 is 0 Å². The molecule has 2 atom stereocenters. The summed E-state index contributed by atoms with van der Waals surface area (Å²) in [5.74, 6) is 1.10. The first kappa shape index (κ1) is 19.4. The smallest absolute Gasteiger partial charge is 0.274 e. The van der Waals surface area contributed by atoms with E-state index in [0.29, 0.717) is 18.0 Å². The van der Waals surface area contributed by atoms with Crippen LogP contribution >= 0.6 is 0 Å². The van der Waals surface area contributed by atoms with E-state index in [1.54, 1.807) is 4.68 Å². The van der Waals surface area contributed by atoms with Crippen molar-refractivity contribution in [1.82, 2.24) is 25.6 Å². The predicted octanol–water partition coefficient (Wildman–Crippen LogP) is 2.34. The van der Waals surface area contributed by atoms with Gasteiger partial charge in [-0.25, -0.2) is 4.68 Å². The Labute approximate surface area is 160 Å². The van der Waals surface area contributed by atoms with Crippen molar-refractivity contribution in [3.05, 3.63) is 35.7 Å². The number of aromatic nitrogens is 3. The van der Waals surface area contributed by atoms with Gasteiger partial charge in [0.1, 0.15) is 5.75 Å². The van der Waals surface area contributed by atoms with Gasteiger partial charge in [0, 0.05) is 12.6 Å². The minimum Gasteiger partial charge on any atom is -0.491 e. The second kappa shape index (κ2) is 8.52. The van der Waals surface area contributed by atoms with E-state index < -0.39 is 0 Å². The molecule has 0 radical (unpaired) electrons. The molecule has 1 aliphatic heterocycles. The highest BCUT2D eigenvalue weighted by atomic mass is 16.5. The molecule has 7 heteroatoms. The van der Waals surface area contributed by atoms with Crippen LogP contribution in [0.25, 0.3) is 5.69 Å². The van der Waals surface area contributed by atoms with Crippen molar-refractivity contribution < 1.29 is 9.53 Å². The van der Waals surface area contributed by atoms with E-state index in [2.05, 4.69) is 27.9 Å². The van der Waals surface area contributed by atoms with E-state index in [1.165, 1.54) is 0 Å². The van der Waals surface area contributed by atoms with Gasteiger partial charge in [-0.2, -0.15) is 0 Å². The van der Waals surface area contributed by atoms with Crippen LogP contribution in [0.1, 0.15) is 50.3 Å². The predicted molar refractivity (Wildman–Crippen MR) is 104 cm³/mol. The summed E-state index contributed by atoms with van der Waals surface area (Å²) in [6, 6.07) is 7.80. The zero-order valence-electron chi connectivity index (χ0n) is 16.5. The molecule has 1 fully saturated rings. The number of carbonyl (C=O) groups excluding carboxylic acids is 1. The fourth-order valence-corrected chi connectivity index (χ4v) is 3.36. The number of ether oxygens (including phenoxy) is 1. The molecule has 1 aromatic heterocycles. The normalized spacial score (nSPS) is 19.9. The highest BCUT2D eigenvalue weighted by Crippen LogP contribution is 2.19. The van der Waals surface area contributed by atoms with Crippen LogP contribution in [0.2, 0.25) is 0 Å². The van der Waals surface area contributed by atoms with Crippen molar-refractivity contribution in [2.75, 3.05) is 13.1 Å². The molecule has 1 saturated heterocycles. The molecule has 7 nitrogen and oxygen atoms in total. The van der Waals surface area contributed by atoms with Crippen molar-refractivity contribution in [3.8, 4) is 11.4 Å².